The molecule has 0 unspecified atom stereocenters. The van der Waals surface area contributed by atoms with Crippen molar-refractivity contribution in [1.29, 1.82) is 0 Å². The zero-order valence-electron chi connectivity index (χ0n) is 10.9. The lowest BCUT2D eigenvalue weighted by molar-refractivity contribution is 0.0615. The topological polar surface area (TPSA) is 32.3 Å². The summed E-state index contributed by atoms with van der Waals surface area (Å²) in [5.74, 6) is 0.100. The summed E-state index contributed by atoms with van der Waals surface area (Å²) in [6.45, 7) is 6.64. The van der Waals surface area contributed by atoms with Crippen LogP contribution in [0.2, 0.25) is 5.02 Å². The monoisotopic (exact) mass is 266 g/mol. The van der Waals surface area contributed by atoms with E-state index in [1.165, 1.54) is 0 Å². The third-order valence-electron chi connectivity index (χ3n) is 3.36. The lowest BCUT2D eigenvalue weighted by Gasteiger charge is -2.38. The SMILES string of the molecule is CCCN(C(=O)c1cc(Cl)ccc1C)C1CNC1. The average Bonchev–Trinajstić information content (AvgIpc) is 2.28. The number of aryl methyl sites for hydroxylation is 1. The average molecular weight is 267 g/mol. The second-order valence-corrected chi connectivity index (χ2v) is 5.21. The highest BCUT2D eigenvalue weighted by molar-refractivity contribution is 6.31. The molecular weight excluding hydrogens is 248 g/mol. The van der Waals surface area contributed by atoms with Gasteiger partial charge in [-0.25, -0.2) is 0 Å². The fraction of sp³-hybridized carbons (Fsp3) is 0.500. The zero-order valence-corrected chi connectivity index (χ0v) is 11.6. The van der Waals surface area contributed by atoms with Gasteiger partial charge in [0.05, 0.1) is 6.04 Å². The minimum Gasteiger partial charge on any atom is -0.333 e. The summed E-state index contributed by atoms with van der Waals surface area (Å²) >= 11 is 5.99. The Morgan fingerprint density at radius 3 is 2.78 bits per heavy atom. The van der Waals surface area contributed by atoms with E-state index in [0.29, 0.717) is 11.1 Å². The minimum atomic E-state index is 0.100. The first-order valence-corrected chi connectivity index (χ1v) is 6.79. The summed E-state index contributed by atoms with van der Waals surface area (Å²) in [5, 5.41) is 3.83. The van der Waals surface area contributed by atoms with Gasteiger partial charge in [0.2, 0.25) is 0 Å². The third kappa shape index (κ3) is 2.68. The predicted octanol–water partition coefficient (Wildman–Crippen LogP) is 2.47. The maximum absolute atomic E-state index is 12.6. The Labute approximate surface area is 113 Å². The van der Waals surface area contributed by atoms with Crippen LogP contribution in [0, 0.1) is 6.92 Å². The molecule has 2 rings (SSSR count). The largest absolute Gasteiger partial charge is 0.333 e. The van der Waals surface area contributed by atoms with E-state index in [4.69, 9.17) is 11.6 Å². The van der Waals surface area contributed by atoms with Crippen molar-refractivity contribution in [2.45, 2.75) is 26.3 Å². The molecule has 0 radical (unpaired) electrons. The zero-order chi connectivity index (χ0) is 13.1. The van der Waals surface area contributed by atoms with Crippen LogP contribution >= 0.6 is 11.6 Å². The van der Waals surface area contributed by atoms with Gasteiger partial charge in [0.25, 0.3) is 5.91 Å². The molecule has 1 aromatic carbocycles. The summed E-state index contributed by atoms with van der Waals surface area (Å²) in [4.78, 5) is 14.5. The number of rotatable bonds is 4. The summed E-state index contributed by atoms with van der Waals surface area (Å²) in [7, 11) is 0. The molecule has 4 heteroatoms. The van der Waals surface area contributed by atoms with E-state index in [-0.39, 0.29) is 5.91 Å². The number of hydrogen-bond donors (Lipinski definition) is 1. The van der Waals surface area contributed by atoms with Crippen LogP contribution in [-0.4, -0.2) is 36.5 Å². The van der Waals surface area contributed by atoms with E-state index in [2.05, 4.69) is 12.2 Å². The van der Waals surface area contributed by atoms with E-state index >= 15 is 0 Å². The first kappa shape index (κ1) is 13.4. The normalized spacial score (nSPS) is 15.3. The molecule has 0 saturated carbocycles. The number of nitrogens with one attached hydrogen (secondary N) is 1. The molecule has 1 N–H and O–H groups in total. The number of carbonyl (C=O) groups excluding carboxylic acids is 1. The lowest BCUT2D eigenvalue weighted by Crippen LogP contribution is -2.59. The number of carbonyl (C=O) groups is 1. The second-order valence-electron chi connectivity index (χ2n) is 4.77. The number of nitrogens with zero attached hydrogens (tertiary/aromatic N) is 1. The lowest BCUT2D eigenvalue weighted by atomic mass is 10.0. The predicted molar refractivity (Wildman–Crippen MR) is 74.2 cm³/mol. The summed E-state index contributed by atoms with van der Waals surface area (Å²) in [5.41, 5.74) is 1.71. The van der Waals surface area contributed by atoms with Crippen molar-refractivity contribution in [1.82, 2.24) is 10.2 Å². The molecule has 1 heterocycles. The van der Waals surface area contributed by atoms with Gasteiger partial charge < -0.3 is 10.2 Å². The number of amides is 1. The molecule has 1 aliphatic rings. The highest BCUT2D eigenvalue weighted by atomic mass is 35.5. The molecule has 3 nitrogen and oxygen atoms in total. The van der Waals surface area contributed by atoms with Gasteiger partial charge in [-0.15, -0.1) is 0 Å². The van der Waals surface area contributed by atoms with Crippen molar-refractivity contribution < 1.29 is 4.79 Å². The van der Waals surface area contributed by atoms with E-state index in [9.17, 15) is 4.79 Å². The Bertz CT molecular complexity index is 443. The maximum Gasteiger partial charge on any atom is 0.254 e. The molecular formula is C14H19ClN2O. The highest BCUT2D eigenvalue weighted by Gasteiger charge is 2.29. The molecule has 1 saturated heterocycles. The summed E-state index contributed by atoms with van der Waals surface area (Å²) < 4.78 is 0. The third-order valence-corrected chi connectivity index (χ3v) is 3.59. The van der Waals surface area contributed by atoms with Crippen molar-refractivity contribution in [3.63, 3.8) is 0 Å². The number of halogens is 1. The molecule has 0 aromatic heterocycles. The van der Waals surface area contributed by atoms with Crippen LogP contribution in [0.1, 0.15) is 29.3 Å². The highest BCUT2D eigenvalue weighted by Crippen LogP contribution is 2.19. The number of hydrogen-bond acceptors (Lipinski definition) is 2. The molecule has 0 spiro atoms. The van der Waals surface area contributed by atoms with Gasteiger partial charge in [0.1, 0.15) is 0 Å². The quantitative estimate of drug-likeness (QED) is 0.908. The molecule has 0 bridgehead atoms. The fourth-order valence-electron chi connectivity index (χ4n) is 2.16. The molecule has 18 heavy (non-hydrogen) atoms. The molecule has 1 aliphatic heterocycles. The Morgan fingerprint density at radius 2 is 2.22 bits per heavy atom. The Hall–Kier alpha value is -1.06. The van der Waals surface area contributed by atoms with Gasteiger partial charge in [-0.1, -0.05) is 24.6 Å². The fourth-order valence-corrected chi connectivity index (χ4v) is 2.34. The first-order chi connectivity index (χ1) is 8.63. The summed E-state index contributed by atoms with van der Waals surface area (Å²) in [6.07, 6.45) is 0.974. The van der Waals surface area contributed by atoms with Crippen LogP contribution in [0.5, 0.6) is 0 Å². The van der Waals surface area contributed by atoms with E-state index in [0.717, 1.165) is 37.2 Å². The van der Waals surface area contributed by atoms with Gasteiger partial charge in [-0.3, -0.25) is 4.79 Å². The molecule has 1 amide bonds. The van der Waals surface area contributed by atoms with Crippen LogP contribution in [0.4, 0.5) is 0 Å². The van der Waals surface area contributed by atoms with E-state index in [1.54, 1.807) is 6.07 Å². The van der Waals surface area contributed by atoms with Crippen LogP contribution in [0.15, 0.2) is 18.2 Å². The van der Waals surface area contributed by atoms with Crippen molar-refractivity contribution >= 4 is 17.5 Å². The second kappa shape index (κ2) is 5.72. The molecule has 0 atom stereocenters. The van der Waals surface area contributed by atoms with Gasteiger partial charge >= 0.3 is 0 Å². The van der Waals surface area contributed by atoms with Crippen molar-refractivity contribution in [3.8, 4) is 0 Å². The molecule has 0 aliphatic carbocycles. The Kier molecular flexibility index (Phi) is 4.25. The van der Waals surface area contributed by atoms with Gasteiger partial charge in [0.15, 0.2) is 0 Å². The Morgan fingerprint density at radius 1 is 1.50 bits per heavy atom. The smallest absolute Gasteiger partial charge is 0.254 e. The van der Waals surface area contributed by atoms with Crippen molar-refractivity contribution in [3.05, 3.63) is 34.3 Å². The van der Waals surface area contributed by atoms with Crippen LogP contribution in [0.25, 0.3) is 0 Å². The Balaban J connectivity index is 2.23. The van der Waals surface area contributed by atoms with Gasteiger partial charge in [0, 0.05) is 30.2 Å². The standard InChI is InChI=1S/C14H19ClN2O/c1-3-6-17(12-8-16-9-12)14(18)13-7-11(15)5-4-10(13)2/h4-5,7,12,16H,3,6,8-9H2,1-2H3. The maximum atomic E-state index is 12.6. The van der Waals surface area contributed by atoms with E-state index < -0.39 is 0 Å². The molecule has 1 fully saturated rings. The summed E-state index contributed by atoms with van der Waals surface area (Å²) in [6, 6.07) is 5.82. The first-order valence-electron chi connectivity index (χ1n) is 6.41. The van der Waals surface area contributed by atoms with Crippen LogP contribution in [0.3, 0.4) is 0 Å². The van der Waals surface area contributed by atoms with Gasteiger partial charge in [-0.2, -0.15) is 0 Å². The van der Waals surface area contributed by atoms with Crippen LogP contribution in [-0.2, 0) is 0 Å². The molecule has 1 aromatic rings. The minimum absolute atomic E-state index is 0.100. The van der Waals surface area contributed by atoms with E-state index in [1.807, 2.05) is 24.0 Å². The van der Waals surface area contributed by atoms with Crippen molar-refractivity contribution in [2.24, 2.45) is 0 Å². The van der Waals surface area contributed by atoms with Crippen LogP contribution < -0.4 is 5.32 Å². The van der Waals surface area contributed by atoms with Crippen molar-refractivity contribution in [2.75, 3.05) is 19.6 Å². The number of benzene rings is 1. The van der Waals surface area contributed by atoms with Gasteiger partial charge in [-0.05, 0) is 31.0 Å². The molecule has 98 valence electrons.